The third-order valence-electron chi connectivity index (χ3n) is 2.77. The second-order valence-corrected chi connectivity index (χ2v) is 5.86. The van der Waals surface area contributed by atoms with Crippen LogP contribution < -0.4 is 5.32 Å². The van der Waals surface area contributed by atoms with Gasteiger partial charge in [-0.2, -0.15) is 0 Å². The molecule has 0 radical (unpaired) electrons. The maximum atomic E-state index is 11.0. The van der Waals surface area contributed by atoms with E-state index < -0.39 is 0 Å². The molecule has 0 spiro atoms. The lowest BCUT2D eigenvalue weighted by Gasteiger charge is -2.13. The monoisotopic (exact) mass is 285 g/mol. The van der Waals surface area contributed by atoms with Crippen LogP contribution in [0.3, 0.4) is 0 Å². The molecule has 0 aromatic carbocycles. The summed E-state index contributed by atoms with van der Waals surface area (Å²) >= 11 is 1.82. The molecule has 4 nitrogen and oxygen atoms in total. The van der Waals surface area contributed by atoms with Gasteiger partial charge in [0.25, 0.3) is 0 Å². The van der Waals surface area contributed by atoms with Crippen LogP contribution in [0.1, 0.15) is 35.2 Å². The summed E-state index contributed by atoms with van der Waals surface area (Å²) in [6.45, 7) is 9.83. The first-order chi connectivity index (χ1) is 9.04. The minimum absolute atomic E-state index is 0.0283. The molecule has 0 fully saturated rings. The Bertz CT molecular complexity index is 403. The molecule has 1 rings (SSSR count). The molecule has 0 saturated heterocycles. The van der Waals surface area contributed by atoms with Gasteiger partial charge in [0.05, 0.1) is 13.2 Å². The molecule has 0 aliphatic heterocycles. The zero-order valence-corrected chi connectivity index (χ0v) is 12.9. The summed E-state index contributed by atoms with van der Waals surface area (Å²) in [5, 5.41) is 3.39. The topological polar surface area (TPSA) is 47.6 Å². The highest BCUT2D eigenvalue weighted by Gasteiger charge is 2.10. The molecule has 0 bridgehead atoms. The second kappa shape index (κ2) is 8.30. The molecule has 0 saturated carbocycles. The standard InChI is InChI=1S/C14H23NO3S/c1-5-18-14(16)9-17-7-6-15-11(3)13-8-10(2)19-12(13)4/h8,11,15H,5-7,9H2,1-4H3. The summed E-state index contributed by atoms with van der Waals surface area (Å²) in [6.07, 6.45) is 0. The molecule has 1 aromatic heterocycles. The number of rotatable bonds is 8. The molecular formula is C14H23NO3S. The minimum Gasteiger partial charge on any atom is -0.464 e. The summed E-state index contributed by atoms with van der Waals surface area (Å²) in [6, 6.07) is 2.52. The number of aryl methyl sites for hydroxylation is 2. The largest absolute Gasteiger partial charge is 0.464 e. The second-order valence-electron chi connectivity index (χ2n) is 4.40. The number of hydrogen-bond donors (Lipinski definition) is 1. The van der Waals surface area contributed by atoms with Crippen LogP contribution >= 0.6 is 11.3 Å². The van der Waals surface area contributed by atoms with Crippen LogP contribution in [0.2, 0.25) is 0 Å². The van der Waals surface area contributed by atoms with Crippen molar-refractivity contribution >= 4 is 17.3 Å². The van der Waals surface area contributed by atoms with Crippen LogP contribution in [0.15, 0.2) is 6.07 Å². The van der Waals surface area contributed by atoms with E-state index in [0.29, 0.717) is 19.3 Å². The molecule has 0 aliphatic rings. The van der Waals surface area contributed by atoms with Gasteiger partial charge < -0.3 is 14.8 Å². The first kappa shape index (κ1) is 16.1. The first-order valence-corrected chi connectivity index (χ1v) is 7.40. The Kier molecular flexibility index (Phi) is 7.05. The maximum Gasteiger partial charge on any atom is 0.332 e. The number of thiophene rings is 1. The fourth-order valence-electron chi connectivity index (χ4n) is 1.90. The van der Waals surface area contributed by atoms with Crippen molar-refractivity contribution in [3.8, 4) is 0 Å². The normalized spacial score (nSPS) is 12.4. The lowest BCUT2D eigenvalue weighted by atomic mass is 10.1. The van der Waals surface area contributed by atoms with Crippen LogP contribution in [0, 0.1) is 13.8 Å². The highest BCUT2D eigenvalue weighted by Crippen LogP contribution is 2.25. The first-order valence-electron chi connectivity index (χ1n) is 6.58. The Labute approximate surface area is 119 Å². The van der Waals surface area contributed by atoms with Gasteiger partial charge in [-0.25, -0.2) is 4.79 Å². The maximum absolute atomic E-state index is 11.0. The zero-order chi connectivity index (χ0) is 14.3. The molecule has 19 heavy (non-hydrogen) atoms. The van der Waals surface area contributed by atoms with E-state index in [1.54, 1.807) is 6.92 Å². The molecule has 1 N–H and O–H groups in total. The molecule has 108 valence electrons. The Hall–Kier alpha value is -0.910. The zero-order valence-electron chi connectivity index (χ0n) is 12.1. The van der Waals surface area contributed by atoms with Crippen molar-refractivity contribution in [2.45, 2.75) is 33.7 Å². The van der Waals surface area contributed by atoms with Gasteiger partial charge >= 0.3 is 5.97 Å². The molecule has 0 amide bonds. The molecule has 1 atom stereocenters. The molecule has 1 aromatic rings. The fourth-order valence-corrected chi connectivity index (χ4v) is 2.92. The van der Waals surface area contributed by atoms with Gasteiger partial charge in [-0.3, -0.25) is 0 Å². The smallest absolute Gasteiger partial charge is 0.332 e. The van der Waals surface area contributed by atoms with E-state index in [1.165, 1.54) is 15.3 Å². The van der Waals surface area contributed by atoms with E-state index in [4.69, 9.17) is 9.47 Å². The van der Waals surface area contributed by atoms with Crippen LogP contribution in [0.5, 0.6) is 0 Å². The van der Waals surface area contributed by atoms with Crippen molar-refractivity contribution in [3.63, 3.8) is 0 Å². The van der Waals surface area contributed by atoms with E-state index in [1.807, 2.05) is 11.3 Å². The van der Waals surface area contributed by atoms with Crippen molar-refractivity contribution in [1.82, 2.24) is 5.32 Å². The summed E-state index contributed by atoms with van der Waals surface area (Å²) in [7, 11) is 0. The van der Waals surface area contributed by atoms with Gasteiger partial charge in [0.15, 0.2) is 0 Å². The third-order valence-corrected chi connectivity index (χ3v) is 3.75. The van der Waals surface area contributed by atoms with E-state index in [-0.39, 0.29) is 12.6 Å². The van der Waals surface area contributed by atoms with Crippen molar-refractivity contribution in [2.24, 2.45) is 0 Å². The van der Waals surface area contributed by atoms with E-state index >= 15 is 0 Å². The van der Waals surface area contributed by atoms with Gasteiger partial charge in [0.2, 0.25) is 0 Å². The van der Waals surface area contributed by atoms with Crippen LogP contribution in [0.25, 0.3) is 0 Å². The van der Waals surface area contributed by atoms with E-state index in [9.17, 15) is 4.79 Å². The third kappa shape index (κ3) is 5.72. The molecule has 1 unspecified atom stereocenters. The number of esters is 1. The van der Waals surface area contributed by atoms with E-state index in [0.717, 1.165) is 6.54 Å². The average Bonchev–Trinajstić information content (AvgIpc) is 2.68. The Morgan fingerprint density at radius 3 is 2.79 bits per heavy atom. The number of ether oxygens (including phenoxy) is 2. The number of hydrogen-bond acceptors (Lipinski definition) is 5. The summed E-state index contributed by atoms with van der Waals surface area (Å²) in [5.74, 6) is -0.306. The number of carbonyl (C=O) groups is 1. The highest BCUT2D eigenvalue weighted by molar-refractivity contribution is 7.12. The van der Waals surface area contributed by atoms with Crippen molar-refractivity contribution in [2.75, 3.05) is 26.4 Å². The lowest BCUT2D eigenvalue weighted by Crippen LogP contribution is -2.24. The average molecular weight is 285 g/mol. The Morgan fingerprint density at radius 1 is 1.47 bits per heavy atom. The molecule has 1 heterocycles. The van der Waals surface area contributed by atoms with Gasteiger partial charge in [-0.05, 0) is 39.3 Å². The highest BCUT2D eigenvalue weighted by atomic mass is 32.1. The van der Waals surface area contributed by atoms with E-state index in [2.05, 4.69) is 32.2 Å². The fraction of sp³-hybridized carbons (Fsp3) is 0.643. The Morgan fingerprint density at radius 2 is 2.21 bits per heavy atom. The van der Waals surface area contributed by atoms with Gasteiger partial charge in [-0.15, -0.1) is 11.3 Å². The number of carbonyl (C=O) groups excluding carboxylic acids is 1. The lowest BCUT2D eigenvalue weighted by molar-refractivity contribution is -0.148. The predicted molar refractivity (Wildman–Crippen MR) is 77.7 cm³/mol. The van der Waals surface area contributed by atoms with Gasteiger partial charge in [0.1, 0.15) is 6.61 Å². The summed E-state index contributed by atoms with van der Waals surface area (Å²) in [4.78, 5) is 13.7. The van der Waals surface area contributed by atoms with Crippen LogP contribution in [-0.4, -0.2) is 32.3 Å². The summed E-state index contributed by atoms with van der Waals surface area (Å²) in [5.41, 5.74) is 1.34. The van der Waals surface area contributed by atoms with Crippen LogP contribution in [-0.2, 0) is 14.3 Å². The molecule has 5 heteroatoms. The van der Waals surface area contributed by atoms with Crippen molar-refractivity contribution in [3.05, 3.63) is 21.4 Å². The summed E-state index contributed by atoms with van der Waals surface area (Å²) < 4.78 is 10.0. The quantitative estimate of drug-likeness (QED) is 0.589. The van der Waals surface area contributed by atoms with Gasteiger partial charge in [-0.1, -0.05) is 0 Å². The predicted octanol–water partition coefficient (Wildman–Crippen LogP) is 2.60. The SMILES string of the molecule is CCOC(=O)COCCNC(C)c1cc(C)sc1C. The van der Waals surface area contributed by atoms with Crippen molar-refractivity contribution < 1.29 is 14.3 Å². The Balaban J connectivity index is 2.19. The molecule has 0 aliphatic carbocycles. The minimum atomic E-state index is -0.306. The molecular weight excluding hydrogens is 262 g/mol. The van der Waals surface area contributed by atoms with Crippen LogP contribution in [0.4, 0.5) is 0 Å². The van der Waals surface area contributed by atoms with Crippen molar-refractivity contribution in [1.29, 1.82) is 0 Å². The number of nitrogens with one attached hydrogen (secondary N) is 1. The van der Waals surface area contributed by atoms with Gasteiger partial charge in [0, 0.05) is 22.3 Å².